The molecular weight excluding hydrogens is 288 g/mol. The van der Waals surface area contributed by atoms with Crippen LogP contribution in [0.3, 0.4) is 0 Å². The molecule has 1 aromatic carbocycles. The highest BCUT2D eigenvalue weighted by Gasteiger charge is 2.24. The molecule has 1 aromatic rings. The van der Waals surface area contributed by atoms with E-state index in [1.54, 1.807) is 0 Å². The van der Waals surface area contributed by atoms with E-state index in [2.05, 4.69) is 24.8 Å². The summed E-state index contributed by atoms with van der Waals surface area (Å²) in [5, 5.41) is 10.3. The van der Waals surface area contributed by atoms with Crippen molar-refractivity contribution in [3.8, 4) is 5.75 Å². The molecule has 1 aliphatic rings. The third-order valence-corrected chi connectivity index (χ3v) is 4.28. The summed E-state index contributed by atoms with van der Waals surface area (Å²) in [4.78, 5) is 2.21. The number of nitrogens with zero attached hydrogens (tertiary/aromatic N) is 1. The summed E-state index contributed by atoms with van der Waals surface area (Å²) in [6, 6.07) is 5.76. The van der Waals surface area contributed by atoms with Crippen LogP contribution in [-0.4, -0.2) is 31.4 Å². The second-order valence-electron chi connectivity index (χ2n) is 5.39. The second kappa shape index (κ2) is 8.47. The van der Waals surface area contributed by atoms with Gasteiger partial charge >= 0.3 is 0 Å². The Labute approximate surface area is 133 Å². The van der Waals surface area contributed by atoms with E-state index < -0.39 is 0 Å². The quantitative estimate of drug-likeness (QED) is 0.877. The largest absolute Gasteiger partial charge is 0.508 e. The van der Waals surface area contributed by atoms with Crippen molar-refractivity contribution in [1.82, 2.24) is 0 Å². The Hall–Kier alpha value is -0.970. The van der Waals surface area contributed by atoms with Gasteiger partial charge in [0.2, 0.25) is 0 Å². The second-order valence-corrected chi connectivity index (χ2v) is 5.39. The van der Waals surface area contributed by atoms with E-state index >= 15 is 0 Å². The van der Waals surface area contributed by atoms with E-state index in [1.807, 2.05) is 12.1 Å². The predicted molar refractivity (Wildman–Crippen MR) is 89.4 cm³/mol. The van der Waals surface area contributed by atoms with Crippen molar-refractivity contribution in [2.75, 3.05) is 31.2 Å². The van der Waals surface area contributed by atoms with Gasteiger partial charge in [0.15, 0.2) is 0 Å². The number of phenolic OH excluding ortho intramolecular Hbond substituents is 1. The molecule has 4 nitrogen and oxygen atoms in total. The molecule has 0 amide bonds. The lowest BCUT2D eigenvalue weighted by atomic mass is 9.87. The average Bonchev–Trinajstić information content (AvgIpc) is 2.49. The molecule has 0 aromatic heterocycles. The fourth-order valence-corrected chi connectivity index (χ4v) is 2.93. The van der Waals surface area contributed by atoms with Gasteiger partial charge in [0.1, 0.15) is 5.75 Å². The lowest BCUT2D eigenvalue weighted by molar-refractivity contribution is 0.0581. The first-order chi connectivity index (χ1) is 9.67. The van der Waals surface area contributed by atoms with Gasteiger partial charge in [-0.2, -0.15) is 0 Å². The van der Waals surface area contributed by atoms with Crippen molar-refractivity contribution in [3.05, 3.63) is 23.8 Å². The minimum Gasteiger partial charge on any atom is -0.508 e. The lowest BCUT2D eigenvalue weighted by Gasteiger charge is -2.29. The van der Waals surface area contributed by atoms with E-state index in [0.717, 1.165) is 50.4 Å². The molecule has 0 saturated carbocycles. The minimum atomic E-state index is -0.107. The normalized spacial score (nSPS) is 17.1. The SMILES string of the molecule is CCN(CC)c1ccc([C@H](N)C2CCOCC2)c(O)c1.Cl. The van der Waals surface area contributed by atoms with Crippen LogP contribution in [0.1, 0.15) is 38.3 Å². The summed E-state index contributed by atoms with van der Waals surface area (Å²) in [5.74, 6) is 0.711. The van der Waals surface area contributed by atoms with Crippen LogP contribution in [0.2, 0.25) is 0 Å². The summed E-state index contributed by atoms with van der Waals surface area (Å²) in [5.41, 5.74) is 8.24. The summed E-state index contributed by atoms with van der Waals surface area (Å²) in [7, 11) is 0. The predicted octanol–water partition coefficient (Wildman–Crippen LogP) is 3.09. The summed E-state index contributed by atoms with van der Waals surface area (Å²) in [6.07, 6.45) is 1.94. The van der Waals surface area contributed by atoms with Crippen LogP contribution in [0.4, 0.5) is 5.69 Å². The van der Waals surface area contributed by atoms with Gasteiger partial charge in [-0.25, -0.2) is 0 Å². The molecule has 21 heavy (non-hydrogen) atoms. The number of aromatic hydroxyl groups is 1. The number of phenols is 1. The topological polar surface area (TPSA) is 58.7 Å². The Morgan fingerprint density at radius 1 is 1.29 bits per heavy atom. The van der Waals surface area contributed by atoms with E-state index in [4.69, 9.17) is 10.5 Å². The van der Waals surface area contributed by atoms with Gasteiger partial charge in [-0.1, -0.05) is 6.07 Å². The molecule has 0 spiro atoms. The molecule has 5 heteroatoms. The van der Waals surface area contributed by atoms with Crippen molar-refractivity contribution in [2.24, 2.45) is 11.7 Å². The smallest absolute Gasteiger partial charge is 0.122 e. The van der Waals surface area contributed by atoms with Crippen LogP contribution in [0.15, 0.2) is 18.2 Å². The number of hydrogen-bond acceptors (Lipinski definition) is 4. The van der Waals surface area contributed by atoms with Crippen molar-refractivity contribution >= 4 is 18.1 Å². The number of nitrogens with two attached hydrogens (primary N) is 1. The number of ether oxygens (including phenoxy) is 1. The molecule has 0 bridgehead atoms. The first-order valence-electron chi connectivity index (χ1n) is 7.58. The maximum atomic E-state index is 10.3. The third kappa shape index (κ3) is 4.25. The van der Waals surface area contributed by atoms with Crippen LogP contribution in [-0.2, 0) is 4.74 Å². The first-order valence-corrected chi connectivity index (χ1v) is 7.58. The highest BCUT2D eigenvalue weighted by atomic mass is 35.5. The van der Waals surface area contributed by atoms with E-state index in [-0.39, 0.29) is 18.4 Å². The first kappa shape index (κ1) is 18.1. The third-order valence-electron chi connectivity index (χ3n) is 4.28. The molecule has 0 unspecified atom stereocenters. The number of benzene rings is 1. The molecular formula is C16H27ClN2O2. The highest BCUT2D eigenvalue weighted by Crippen LogP contribution is 2.34. The van der Waals surface area contributed by atoms with Gasteiger partial charge in [-0.3, -0.25) is 0 Å². The van der Waals surface area contributed by atoms with E-state index in [9.17, 15) is 5.11 Å². The standard InChI is InChI=1S/C16H26N2O2.ClH/c1-3-18(4-2)13-5-6-14(15(19)11-13)16(17)12-7-9-20-10-8-12;/h5-6,11-12,16,19H,3-4,7-10,17H2,1-2H3;1H/t16-;/m1./s1. The van der Waals surface area contributed by atoms with Crippen LogP contribution >= 0.6 is 12.4 Å². The van der Waals surface area contributed by atoms with Crippen LogP contribution in [0.5, 0.6) is 5.75 Å². The van der Waals surface area contributed by atoms with Crippen molar-refractivity contribution < 1.29 is 9.84 Å². The maximum absolute atomic E-state index is 10.3. The fraction of sp³-hybridized carbons (Fsp3) is 0.625. The Balaban J connectivity index is 0.00000220. The number of halogens is 1. The Kier molecular flexibility index (Phi) is 7.29. The van der Waals surface area contributed by atoms with Gasteiger partial charge in [0.05, 0.1) is 0 Å². The number of rotatable bonds is 5. The van der Waals surface area contributed by atoms with Gasteiger partial charge in [0.25, 0.3) is 0 Å². The summed E-state index contributed by atoms with van der Waals surface area (Å²) < 4.78 is 5.37. The average molecular weight is 315 g/mol. The minimum absolute atomic E-state index is 0. The molecule has 0 aliphatic carbocycles. The van der Waals surface area contributed by atoms with Gasteiger partial charge in [-0.15, -0.1) is 12.4 Å². The van der Waals surface area contributed by atoms with Gasteiger partial charge < -0.3 is 20.5 Å². The monoisotopic (exact) mass is 314 g/mol. The molecule has 3 N–H and O–H groups in total. The Bertz CT molecular complexity index is 432. The lowest BCUT2D eigenvalue weighted by Crippen LogP contribution is -2.27. The van der Waals surface area contributed by atoms with Crippen LogP contribution in [0, 0.1) is 5.92 Å². The van der Waals surface area contributed by atoms with Gasteiger partial charge in [-0.05, 0) is 38.7 Å². The van der Waals surface area contributed by atoms with Crippen molar-refractivity contribution in [1.29, 1.82) is 0 Å². The maximum Gasteiger partial charge on any atom is 0.122 e. The molecule has 120 valence electrons. The molecule has 0 radical (unpaired) electrons. The molecule has 1 atom stereocenters. The molecule has 2 rings (SSSR count). The summed E-state index contributed by atoms with van der Waals surface area (Å²) in [6.45, 7) is 7.64. The number of hydrogen-bond donors (Lipinski definition) is 2. The Morgan fingerprint density at radius 3 is 2.43 bits per heavy atom. The zero-order valence-electron chi connectivity index (χ0n) is 12.9. The van der Waals surface area contributed by atoms with Crippen LogP contribution < -0.4 is 10.6 Å². The fourth-order valence-electron chi connectivity index (χ4n) is 2.93. The zero-order chi connectivity index (χ0) is 14.5. The van der Waals surface area contributed by atoms with E-state index in [0.29, 0.717) is 11.7 Å². The molecule has 1 saturated heterocycles. The molecule has 1 fully saturated rings. The Morgan fingerprint density at radius 2 is 1.90 bits per heavy atom. The molecule has 1 heterocycles. The highest BCUT2D eigenvalue weighted by molar-refractivity contribution is 5.85. The van der Waals surface area contributed by atoms with E-state index in [1.165, 1.54) is 0 Å². The number of anilines is 1. The zero-order valence-corrected chi connectivity index (χ0v) is 13.7. The summed E-state index contributed by atoms with van der Waals surface area (Å²) >= 11 is 0. The molecule has 1 aliphatic heterocycles. The van der Waals surface area contributed by atoms with Gasteiger partial charge in [0, 0.05) is 49.7 Å². The van der Waals surface area contributed by atoms with Crippen molar-refractivity contribution in [3.63, 3.8) is 0 Å². The van der Waals surface area contributed by atoms with Crippen LogP contribution in [0.25, 0.3) is 0 Å². The van der Waals surface area contributed by atoms with Crippen molar-refractivity contribution in [2.45, 2.75) is 32.7 Å².